The van der Waals surface area contributed by atoms with Crippen molar-refractivity contribution in [1.29, 1.82) is 0 Å². The zero-order valence-electron chi connectivity index (χ0n) is 11.5. The van der Waals surface area contributed by atoms with Gasteiger partial charge in [-0.15, -0.1) is 0 Å². The molecule has 5 heteroatoms. The summed E-state index contributed by atoms with van der Waals surface area (Å²) in [7, 11) is 8.12. The predicted molar refractivity (Wildman–Crippen MR) is 72.8 cm³/mol. The molecule has 0 aliphatic rings. The molecule has 0 aromatic carbocycles. The van der Waals surface area contributed by atoms with E-state index in [1.165, 1.54) is 0 Å². The van der Waals surface area contributed by atoms with Gasteiger partial charge in [-0.3, -0.25) is 0 Å². The first-order chi connectivity index (χ1) is 8.02. The van der Waals surface area contributed by atoms with Crippen molar-refractivity contribution in [1.82, 2.24) is 14.9 Å². The van der Waals surface area contributed by atoms with Crippen LogP contribution in [0.4, 0.5) is 11.6 Å². The number of aryl methyl sites for hydroxylation is 1. The van der Waals surface area contributed by atoms with Crippen LogP contribution in [-0.2, 0) is 0 Å². The standard InChI is InChI=1S/C12H23N5/c1-10-14-11(13-2)9-12(15-10)17(5)8-6-7-16(3)4/h9H,6-8H2,1-5H3,(H,13,14,15). The summed E-state index contributed by atoms with van der Waals surface area (Å²) in [4.78, 5) is 13.1. The molecule has 1 aromatic rings. The average Bonchev–Trinajstić information content (AvgIpc) is 2.27. The Labute approximate surface area is 104 Å². The van der Waals surface area contributed by atoms with Gasteiger partial charge in [0.15, 0.2) is 0 Å². The van der Waals surface area contributed by atoms with Gasteiger partial charge in [-0.05, 0) is 34.0 Å². The van der Waals surface area contributed by atoms with Gasteiger partial charge in [-0.25, -0.2) is 9.97 Å². The monoisotopic (exact) mass is 237 g/mol. The van der Waals surface area contributed by atoms with E-state index in [0.717, 1.165) is 37.0 Å². The molecular formula is C12H23N5. The van der Waals surface area contributed by atoms with Crippen LogP contribution in [-0.4, -0.2) is 56.1 Å². The number of aromatic nitrogens is 2. The number of anilines is 2. The quantitative estimate of drug-likeness (QED) is 0.806. The fourth-order valence-electron chi connectivity index (χ4n) is 1.61. The molecule has 0 unspecified atom stereocenters. The Balaban J connectivity index is 2.61. The molecule has 1 heterocycles. The molecule has 17 heavy (non-hydrogen) atoms. The molecule has 0 atom stereocenters. The molecule has 0 fully saturated rings. The zero-order chi connectivity index (χ0) is 12.8. The maximum Gasteiger partial charge on any atom is 0.134 e. The van der Waals surface area contributed by atoms with E-state index in [0.29, 0.717) is 0 Å². The van der Waals surface area contributed by atoms with Crippen LogP contribution in [0.25, 0.3) is 0 Å². The summed E-state index contributed by atoms with van der Waals surface area (Å²) < 4.78 is 0. The van der Waals surface area contributed by atoms with E-state index < -0.39 is 0 Å². The largest absolute Gasteiger partial charge is 0.373 e. The molecule has 0 saturated heterocycles. The lowest BCUT2D eigenvalue weighted by molar-refractivity contribution is 0.401. The minimum absolute atomic E-state index is 0.798. The molecule has 0 radical (unpaired) electrons. The normalized spacial score (nSPS) is 10.7. The second kappa shape index (κ2) is 6.39. The summed E-state index contributed by atoms with van der Waals surface area (Å²) in [5.74, 6) is 2.64. The molecule has 0 amide bonds. The Morgan fingerprint density at radius 1 is 1.18 bits per heavy atom. The maximum atomic E-state index is 4.44. The Kier molecular flexibility index (Phi) is 5.15. The Morgan fingerprint density at radius 2 is 1.88 bits per heavy atom. The van der Waals surface area contributed by atoms with Crippen molar-refractivity contribution < 1.29 is 0 Å². The summed E-state index contributed by atoms with van der Waals surface area (Å²) in [6, 6.07) is 1.97. The Hall–Kier alpha value is -1.36. The van der Waals surface area contributed by atoms with Gasteiger partial charge in [0.25, 0.3) is 0 Å². The molecule has 0 aliphatic carbocycles. The van der Waals surface area contributed by atoms with Crippen LogP contribution in [0.2, 0.25) is 0 Å². The predicted octanol–water partition coefficient (Wildman–Crippen LogP) is 1.21. The number of hydrogen-bond acceptors (Lipinski definition) is 5. The van der Waals surface area contributed by atoms with Gasteiger partial charge in [-0.2, -0.15) is 0 Å². The third-order valence-corrected chi connectivity index (χ3v) is 2.57. The Morgan fingerprint density at radius 3 is 2.47 bits per heavy atom. The van der Waals surface area contributed by atoms with Crippen LogP contribution >= 0.6 is 0 Å². The second-order valence-electron chi connectivity index (χ2n) is 4.49. The lowest BCUT2D eigenvalue weighted by atomic mass is 10.3. The van der Waals surface area contributed by atoms with Crippen LogP contribution in [0, 0.1) is 6.92 Å². The van der Waals surface area contributed by atoms with E-state index in [4.69, 9.17) is 0 Å². The van der Waals surface area contributed by atoms with E-state index >= 15 is 0 Å². The summed E-state index contributed by atoms with van der Waals surface area (Å²) >= 11 is 0. The van der Waals surface area contributed by atoms with Gasteiger partial charge in [0, 0.05) is 26.7 Å². The van der Waals surface area contributed by atoms with Crippen LogP contribution in [0.15, 0.2) is 6.07 Å². The number of nitrogens with one attached hydrogen (secondary N) is 1. The highest BCUT2D eigenvalue weighted by Gasteiger charge is 2.05. The smallest absolute Gasteiger partial charge is 0.134 e. The minimum atomic E-state index is 0.798. The highest BCUT2D eigenvalue weighted by atomic mass is 15.2. The topological polar surface area (TPSA) is 44.3 Å². The van der Waals surface area contributed by atoms with E-state index in [2.05, 4.69) is 46.2 Å². The lowest BCUT2D eigenvalue weighted by Gasteiger charge is -2.20. The second-order valence-corrected chi connectivity index (χ2v) is 4.49. The average molecular weight is 237 g/mol. The van der Waals surface area contributed by atoms with E-state index in [1.807, 2.05) is 20.0 Å². The Bertz CT molecular complexity index is 351. The molecule has 1 N–H and O–H groups in total. The third-order valence-electron chi connectivity index (χ3n) is 2.57. The summed E-state index contributed by atoms with van der Waals surface area (Å²) in [6.07, 6.45) is 1.13. The van der Waals surface area contributed by atoms with Crippen LogP contribution < -0.4 is 10.2 Å². The molecule has 0 spiro atoms. The van der Waals surface area contributed by atoms with Crippen molar-refractivity contribution in [3.63, 3.8) is 0 Å². The number of rotatable bonds is 6. The van der Waals surface area contributed by atoms with Crippen LogP contribution in [0.5, 0.6) is 0 Å². The third kappa shape index (κ3) is 4.56. The number of hydrogen-bond donors (Lipinski definition) is 1. The van der Waals surface area contributed by atoms with Gasteiger partial charge in [0.2, 0.25) is 0 Å². The van der Waals surface area contributed by atoms with E-state index in [-0.39, 0.29) is 0 Å². The van der Waals surface area contributed by atoms with Gasteiger partial charge in [0.1, 0.15) is 17.5 Å². The molecule has 1 aromatic heterocycles. The van der Waals surface area contributed by atoms with Crippen LogP contribution in [0.1, 0.15) is 12.2 Å². The van der Waals surface area contributed by atoms with Crippen LogP contribution in [0.3, 0.4) is 0 Å². The first-order valence-corrected chi connectivity index (χ1v) is 5.92. The minimum Gasteiger partial charge on any atom is -0.373 e. The van der Waals surface area contributed by atoms with E-state index in [9.17, 15) is 0 Å². The van der Waals surface area contributed by atoms with Crippen molar-refractivity contribution in [2.24, 2.45) is 0 Å². The molecule has 5 nitrogen and oxygen atoms in total. The first kappa shape index (κ1) is 13.7. The molecule has 96 valence electrons. The molecule has 0 saturated carbocycles. The molecule has 0 aliphatic heterocycles. The fourth-order valence-corrected chi connectivity index (χ4v) is 1.61. The fraction of sp³-hybridized carbons (Fsp3) is 0.667. The molecule has 1 rings (SSSR count). The molecule has 0 bridgehead atoms. The van der Waals surface area contributed by atoms with Gasteiger partial charge >= 0.3 is 0 Å². The van der Waals surface area contributed by atoms with Crippen molar-refractivity contribution in [2.45, 2.75) is 13.3 Å². The maximum absolute atomic E-state index is 4.44. The zero-order valence-corrected chi connectivity index (χ0v) is 11.5. The van der Waals surface area contributed by atoms with Gasteiger partial charge < -0.3 is 15.1 Å². The highest BCUT2D eigenvalue weighted by molar-refractivity contribution is 5.48. The summed E-state index contributed by atoms with van der Waals surface area (Å²) in [5, 5.41) is 3.05. The van der Waals surface area contributed by atoms with Gasteiger partial charge in [0.05, 0.1) is 0 Å². The van der Waals surface area contributed by atoms with E-state index in [1.54, 1.807) is 0 Å². The van der Waals surface area contributed by atoms with Crippen molar-refractivity contribution >= 4 is 11.6 Å². The summed E-state index contributed by atoms with van der Waals surface area (Å²) in [5.41, 5.74) is 0. The highest BCUT2D eigenvalue weighted by Crippen LogP contribution is 2.14. The molecular weight excluding hydrogens is 214 g/mol. The first-order valence-electron chi connectivity index (χ1n) is 5.92. The van der Waals surface area contributed by atoms with Crippen molar-refractivity contribution in [3.05, 3.63) is 11.9 Å². The number of nitrogens with zero attached hydrogens (tertiary/aromatic N) is 4. The van der Waals surface area contributed by atoms with Crippen molar-refractivity contribution in [2.75, 3.05) is 51.5 Å². The van der Waals surface area contributed by atoms with Crippen molar-refractivity contribution in [3.8, 4) is 0 Å². The SMILES string of the molecule is CNc1cc(N(C)CCCN(C)C)nc(C)n1. The lowest BCUT2D eigenvalue weighted by Crippen LogP contribution is -2.24. The van der Waals surface area contributed by atoms with Gasteiger partial charge in [-0.1, -0.05) is 0 Å². The summed E-state index contributed by atoms with van der Waals surface area (Å²) in [6.45, 7) is 4.00.